The van der Waals surface area contributed by atoms with E-state index in [1.54, 1.807) is 19.9 Å². The van der Waals surface area contributed by atoms with E-state index in [0.29, 0.717) is 0 Å². The molecule has 0 aliphatic heterocycles. The van der Waals surface area contributed by atoms with E-state index in [2.05, 4.69) is 10.6 Å². The van der Waals surface area contributed by atoms with Crippen LogP contribution in [0.5, 0.6) is 0 Å². The van der Waals surface area contributed by atoms with Crippen molar-refractivity contribution in [2.24, 2.45) is 5.92 Å². The molecule has 21 heavy (non-hydrogen) atoms. The predicted octanol–water partition coefficient (Wildman–Crippen LogP) is 1.23. The van der Waals surface area contributed by atoms with E-state index < -0.39 is 22.8 Å². The number of carbonyl (C=O) groups excluding carboxylic acids is 1. The summed E-state index contributed by atoms with van der Waals surface area (Å²) >= 11 is 0. The number of rotatable bonds is 7. The molecule has 0 bridgehead atoms. The molecule has 0 radical (unpaired) electrons. The van der Waals surface area contributed by atoms with Gasteiger partial charge in [0.05, 0.1) is 11.5 Å². The zero-order valence-electron chi connectivity index (χ0n) is 11.7. The minimum Gasteiger partial charge on any atom is -0.480 e. The maximum Gasteiger partial charge on any atom is 0.320 e. The van der Waals surface area contributed by atoms with Crippen LogP contribution < -0.4 is 10.6 Å². The molecule has 0 aliphatic rings. The van der Waals surface area contributed by atoms with Crippen molar-refractivity contribution >= 4 is 23.3 Å². The van der Waals surface area contributed by atoms with Gasteiger partial charge >= 0.3 is 5.97 Å². The molecular formula is C13H17N3O5. The molecule has 1 atom stereocenters. The summed E-state index contributed by atoms with van der Waals surface area (Å²) in [5, 5.41) is 24.8. The van der Waals surface area contributed by atoms with Gasteiger partial charge in [-0.05, 0) is 12.0 Å². The SMILES string of the molecule is CC(C)C(NCC(=O)Nc1ccccc1[N+](=O)[O-])C(=O)O. The van der Waals surface area contributed by atoms with Crippen molar-refractivity contribution in [2.45, 2.75) is 19.9 Å². The predicted molar refractivity (Wildman–Crippen MR) is 76.0 cm³/mol. The fourth-order valence-corrected chi connectivity index (χ4v) is 1.74. The molecular weight excluding hydrogens is 278 g/mol. The molecule has 1 amide bonds. The number of nitro benzene ring substituents is 1. The second-order valence-corrected chi connectivity index (χ2v) is 4.76. The molecule has 0 heterocycles. The first-order valence-electron chi connectivity index (χ1n) is 6.32. The Morgan fingerprint density at radius 3 is 2.48 bits per heavy atom. The molecule has 1 unspecified atom stereocenters. The van der Waals surface area contributed by atoms with Gasteiger partial charge < -0.3 is 10.4 Å². The maximum absolute atomic E-state index is 11.7. The number of carbonyl (C=O) groups is 2. The zero-order valence-corrected chi connectivity index (χ0v) is 11.7. The molecule has 1 rings (SSSR count). The summed E-state index contributed by atoms with van der Waals surface area (Å²) in [5.74, 6) is -1.79. The Labute approximate surface area is 121 Å². The van der Waals surface area contributed by atoms with Gasteiger partial charge in [0.2, 0.25) is 5.91 Å². The molecule has 114 valence electrons. The van der Waals surface area contributed by atoms with Gasteiger partial charge in [-0.2, -0.15) is 0 Å². The first-order chi connectivity index (χ1) is 9.82. The van der Waals surface area contributed by atoms with Gasteiger partial charge in [-0.3, -0.25) is 25.0 Å². The van der Waals surface area contributed by atoms with Gasteiger partial charge in [0.25, 0.3) is 5.69 Å². The van der Waals surface area contributed by atoms with Crippen LogP contribution >= 0.6 is 0 Å². The average molecular weight is 295 g/mol. The summed E-state index contributed by atoms with van der Waals surface area (Å²) in [6.07, 6.45) is 0. The number of anilines is 1. The number of nitrogens with zero attached hydrogens (tertiary/aromatic N) is 1. The van der Waals surface area contributed by atoms with Crippen LogP contribution in [0.25, 0.3) is 0 Å². The highest BCUT2D eigenvalue weighted by atomic mass is 16.6. The van der Waals surface area contributed by atoms with Crippen LogP contribution in [0.1, 0.15) is 13.8 Å². The standard InChI is InChI=1S/C13H17N3O5/c1-8(2)12(13(18)19)14-7-11(17)15-9-5-3-4-6-10(9)16(20)21/h3-6,8,12,14H,7H2,1-2H3,(H,15,17)(H,18,19). The van der Waals surface area contributed by atoms with E-state index in [1.165, 1.54) is 18.2 Å². The number of carboxylic acids is 1. The molecule has 1 aromatic rings. The van der Waals surface area contributed by atoms with Gasteiger partial charge in [-0.25, -0.2) is 0 Å². The molecule has 0 saturated carbocycles. The summed E-state index contributed by atoms with van der Waals surface area (Å²) < 4.78 is 0. The average Bonchev–Trinajstić information content (AvgIpc) is 2.38. The van der Waals surface area contributed by atoms with Crippen molar-refractivity contribution in [3.63, 3.8) is 0 Å². The number of nitrogens with one attached hydrogen (secondary N) is 2. The normalized spacial score (nSPS) is 12.0. The third-order valence-electron chi connectivity index (χ3n) is 2.79. The summed E-state index contributed by atoms with van der Waals surface area (Å²) in [7, 11) is 0. The Balaban J connectivity index is 2.66. The van der Waals surface area contributed by atoms with Crippen LogP contribution in [0, 0.1) is 16.0 Å². The lowest BCUT2D eigenvalue weighted by Crippen LogP contribution is -2.44. The largest absolute Gasteiger partial charge is 0.480 e. The topological polar surface area (TPSA) is 122 Å². The minimum atomic E-state index is -1.05. The smallest absolute Gasteiger partial charge is 0.320 e. The van der Waals surface area contributed by atoms with Crippen LogP contribution in [0.4, 0.5) is 11.4 Å². The molecule has 0 aromatic heterocycles. The van der Waals surface area contributed by atoms with Gasteiger partial charge in [0.1, 0.15) is 11.7 Å². The van der Waals surface area contributed by atoms with Crippen molar-refractivity contribution in [3.8, 4) is 0 Å². The maximum atomic E-state index is 11.7. The van der Waals surface area contributed by atoms with Crippen LogP contribution in [0.15, 0.2) is 24.3 Å². The third-order valence-corrected chi connectivity index (χ3v) is 2.79. The highest BCUT2D eigenvalue weighted by molar-refractivity contribution is 5.94. The lowest BCUT2D eigenvalue weighted by Gasteiger charge is -2.17. The first-order valence-corrected chi connectivity index (χ1v) is 6.32. The van der Waals surface area contributed by atoms with Crippen LogP contribution in [0.2, 0.25) is 0 Å². The molecule has 0 saturated heterocycles. The van der Waals surface area contributed by atoms with E-state index >= 15 is 0 Å². The van der Waals surface area contributed by atoms with E-state index in [4.69, 9.17) is 5.11 Å². The summed E-state index contributed by atoms with van der Waals surface area (Å²) in [4.78, 5) is 32.9. The van der Waals surface area contributed by atoms with E-state index in [-0.39, 0.29) is 23.8 Å². The highest BCUT2D eigenvalue weighted by Crippen LogP contribution is 2.22. The molecule has 0 fully saturated rings. The van der Waals surface area contributed by atoms with Gasteiger partial charge in [-0.15, -0.1) is 0 Å². The number of amides is 1. The van der Waals surface area contributed by atoms with E-state index in [9.17, 15) is 19.7 Å². The molecule has 8 heteroatoms. The van der Waals surface area contributed by atoms with Crippen LogP contribution in [0.3, 0.4) is 0 Å². The molecule has 3 N–H and O–H groups in total. The lowest BCUT2D eigenvalue weighted by molar-refractivity contribution is -0.383. The number of aliphatic carboxylic acids is 1. The minimum absolute atomic E-state index is 0.0747. The monoisotopic (exact) mass is 295 g/mol. The molecule has 1 aromatic carbocycles. The summed E-state index contributed by atoms with van der Waals surface area (Å²) in [6.45, 7) is 3.18. The lowest BCUT2D eigenvalue weighted by atomic mass is 10.1. The van der Waals surface area contributed by atoms with Crippen LogP contribution in [-0.4, -0.2) is 34.5 Å². The quantitative estimate of drug-likeness (QED) is 0.514. The van der Waals surface area contributed by atoms with Crippen molar-refractivity contribution in [1.29, 1.82) is 0 Å². The van der Waals surface area contributed by atoms with E-state index in [1.807, 2.05) is 0 Å². The number of carboxylic acid groups (broad SMARTS) is 1. The first kappa shape index (κ1) is 16.6. The fourth-order valence-electron chi connectivity index (χ4n) is 1.74. The third kappa shape index (κ3) is 4.84. The molecule has 0 spiro atoms. The van der Waals surface area contributed by atoms with Crippen molar-refractivity contribution in [2.75, 3.05) is 11.9 Å². The van der Waals surface area contributed by atoms with Crippen LogP contribution in [-0.2, 0) is 9.59 Å². The Morgan fingerprint density at radius 1 is 1.33 bits per heavy atom. The van der Waals surface area contributed by atoms with Crippen molar-refractivity contribution in [3.05, 3.63) is 34.4 Å². The summed E-state index contributed by atoms with van der Waals surface area (Å²) in [5.41, 5.74) is -0.143. The number of nitro groups is 1. The van der Waals surface area contributed by atoms with Crippen molar-refractivity contribution < 1.29 is 19.6 Å². The van der Waals surface area contributed by atoms with Gasteiger partial charge in [0.15, 0.2) is 0 Å². The number of hydrogen-bond acceptors (Lipinski definition) is 5. The Morgan fingerprint density at radius 2 is 1.95 bits per heavy atom. The number of benzene rings is 1. The Kier molecular flexibility index (Phi) is 5.79. The van der Waals surface area contributed by atoms with Gasteiger partial charge in [0, 0.05) is 6.07 Å². The van der Waals surface area contributed by atoms with Crippen molar-refractivity contribution in [1.82, 2.24) is 5.32 Å². The fraction of sp³-hybridized carbons (Fsp3) is 0.385. The summed E-state index contributed by atoms with van der Waals surface area (Å²) in [6, 6.07) is 4.88. The highest BCUT2D eigenvalue weighted by Gasteiger charge is 2.22. The second-order valence-electron chi connectivity index (χ2n) is 4.76. The molecule has 0 aliphatic carbocycles. The van der Waals surface area contributed by atoms with Gasteiger partial charge in [-0.1, -0.05) is 26.0 Å². The number of para-hydroxylation sites is 2. The molecule has 8 nitrogen and oxygen atoms in total. The Bertz CT molecular complexity index is 544. The zero-order chi connectivity index (χ0) is 16.0. The second kappa shape index (κ2) is 7.34. The Hall–Kier alpha value is -2.48. The van der Waals surface area contributed by atoms with E-state index in [0.717, 1.165) is 0 Å². The number of hydrogen-bond donors (Lipinski definition) is 3.